The highest BCUT2D eigenvalue weighted by atomic mass is 16.1. The van der Waals surface area contributed by atoms with Crippen LogP contribution >= 0.6 is 0 Å². The van der Waals surface area contributed by atoms with E-state index in [-0.39, 0.29) is 0 Å². The van der Waals surface area contributed by atoms with Gasteiger partial charge in [-0.25, -0.2) is 0 Å². The van der Waals surface area contributed by atoms with Crippen LogP contribution in [0.25, 0.3) is 0 Å². The molecule has 2 rings (SSSR count). The Balaban J connectivity index is 2.42. The van der Waals surface area contributed by atoms with Crippen molar-refractivity contribution < 1.29 is 4.79 Å². The van der Waals surface area contributed by atoms with Crippen molar-refractivity contribution in [2.75, 3.05) is 0 Å². The van der Waals surface area contributed by atoms with Gasteiger partial charge in [0.25, 0.3) is 0 Å². The molecule has 0 fully saturated rings. The van der Waals surface area contributed by atoms with Gasteiger partial charge in [-0.05, 0) is 30.7 Å². The number of carbonyl (C=O) groups is 1. The summed E-state index contributed by atoms with van der Waals surface area (Å²) in [7, 11) is 0. The van der Waals surface area contributed by atoms with Crippen LogP contribution in [0.15, 0.2) is 36.9 Å². The van der Waals surface area contributed by atoms with Crippen LogP contribution in [0, 0.1) is 0 Å². The van der Waals surface area contributed by atoms with Crippen molar-refractivity contribution in [2.45, 2.75) is 31.6 Å². The van der Waals surface area contributed by atoms with Crippen molar-refractivity contribution in [3.8, 4) is 0 Å². The van der Waals surface area contributed by atoms with Crippen LogP contribution in [0.4, 0.5) is 0 Å². The summed E-state index contributed by atoms with van der Waals surface area (Å²) in [5.41, 5.74) is 2.15. The third kappa shape index (κ3) is 2.01. The van der Waals surface area contributed by atoms with E-state index in [1.54, 1.807) is 0 Å². The lowest BCUT2D eigenvalue weighted by Crippen LogP contribution is -2.02. The Morgan fingerprint density at radius 3 is 3.00 bits per heavy atom. The second kappa shape index (κ2) is 4.43. The molecule has 15 heavy (non-hydrogen) atoms. The molecule has 1 unspecified atom stereocenters. The summed E-state index contributed by atoms with van der Waals surface area (Å²) in [6.07, 6.45) is 5.74. The van der Waals surface area contributed by atoms with Crippen molar-refractivity contribution >= 4 is 5.78 Å². The molecule has 0 bridgehead atoms. The smallest absolute Gasteiger partial charge is 0.163 e. The lowest BCUT2D eigenvalue weighted by molar-refractivity contribution is 0.0982. The first-order valence-electron chi connectivity index (χ1n) is 5.56. The number of carbonyl (C=O) groups excluding carboxylic acids is 1. The van der Waals surface area contributed by atoms with Crippen LogP contribution in [0.2, 0.25) is 0 Å². The minimum absolute atomic E-state index is 0.303. The number of rotatable bonds is 2. The number of allylic oxidation sites excluding steroid dienone is 1. The summed E-state index contributed by atoms with van der Waals surface area (Å²) >= 11 is 0. The number of benzene rings is 1. The van der Waals surface area contributed by atoms with Gasteiger partial charge in [0.05, 0.1) is 0 Å². The van der Waals surface area contributed by atoms with Gasteiger partial charge in [-0.3, -0.25) is 4.79 Å². The Morgan fingerprint density at radius 2 is 2.20 bits per heavy atom. The number of ketones is 1. The van der Waals surface area contributed by atoms with Crippen LogP contribution < -0.4 is 0 Å². The molecule has 78 valence electrons. The van der Waals surface area contributed by atoms with E-state index in [0.29, 0.717) is 18.1 Å². The third-order valence-corrected chi connectivity index (χ3v) is 3.11. The quantitative estimate of drug-likeness (QED) is 0.525. The molecule has 1 aromatic carbocycles. The first-order valence-corrected chi connectivity index (χ1v) is 5.56. The fourth-order valence-corrected chi connectivity index (χ4v) is 2.35. The molecule has 1 heteroatoms. The molecule has 0 radical (unpaired) electrons. The highest BCUT2D eigenvalue weighted by Gasteiger charge is 2.21. The minimum atomic E-state index is 0.303. The number of fused-ring (bicyclic) bond motifs is 1. The molecule has 0 N–H and O–H groups in total. The molecule has 0 amide bonds. The van der Waals surface area contributed by atoms with E-state index in [9.17, 15) is 4.79 Å². The Morgan fingerprint density at radius 1 is 1.40 bits per heavy atom. The first-order chi connectivity index (χ1) is 7.33. The highest BCUT2D eigenvalue weighted by molar-refractivity contribution is 5.98. The summed E-state index contributed by atoms with van der Waals surface area (Å²) in [5.74, 6) is 0.794. The second-order valence-corrected chi connectivity index (χ2v) is 4.12. The van der Waals surface area contributed by atoms with E-state index in [1.807, 2.05) is 24.3 Å². The van der Waals surface area contributed by atoms with Gasteiger partial charge in [-0.1, -0.05) is 30.3 Å². The van der Waals surface area contributed by atoms with Crippen molar-refractivity contribution in [3.63, 3.8) is 0 Å². The number of Topliss-reactive ketones (excluding diaryl/α,β-unsaturated/α-hetero) is 1. The molecule has 0 heterocycles. The molecule has 0 saturated heterocycles. The summed E-state index contributed by atoms with van der Waals surface area (Å²) in [6.45, 7) is 3.79. The monoisotopic (exact) mass is 200 g/mol. The van der Waals surface area contributed by atoms with Crippen LogP contribution in [0.1, 0.15) is 47.5 Å². The highest BCUT2D eigenvalue weighted by Crippen LogP contribution is 2.32. The van der Waals surface area contributed by atoms with E-state index in [0.717, 1.165) is 24.8 Å². The van der Waals surface area contributed by atoms with E-state index < -0.39 is 0 Å². The average Bonchev–Trinajstić information content (AvgIpc) is 2.41. The predicted octanol–water partition coefficient (Wildman–Crippen LogP) is 3.71. The van der Waals surface area contributed by atoms with Crippen molar-refractivity contribution in [1.82, 2.24) is 0 Å². The molecular weight excluding hydrogens is 184 g/mol. The molecule has 0 spiro atoms. The Bertz CT molecular complexity index is 379. The van der Waals surface area contributed by atoms with Crippen LogP contribution in [0.3, 0.4) is 0 Å². The minimum Gasteiger partial charge on any atom is -0.294 e. The molecule has 1 aliphatic rings. The standard InChI is InChI=1S/C14H16O/c1-2-6-11-7-5-10-14(15)13-9-4-3-8-12(11)13/h2-4,8-9,11H,1,5-7,10H2. The normalized spacial score (nSPS) is 20.5. The first kappa shape index (κ1) is 10.2. The van der Waals surface area contributed by atoms with Crippen molar-refractivity contribution in [3.05, 3.63) is 48.0 Å². The fourth-order valence-electron chi connectivity index (χ4n) is 2.35. The second-order valence-electron chi connectivity index (χ2n) is 4.12. The zero-order valence-corrected chi connectivity index (χ0v) is 8.91. The lowest BCUT2D eigenvalue weighted by atomic mass is 9.90. The Hall–Kier alpha value is -1.37. The average molecular weight is 200 g/mol. The van der Waals surface area contributed by atoms with Gasteiger partial charge in [0.2, 0.25) is 0 Å². The van der Waals surface area contributed by atoms with Crippen molar-refractivity contribution in [2.24, 2.45) is 0 Å². The zero-order valence-electron chi connectivity index (χ0n) is 8.91. The van der Waals surface area contributed by atoms with Crippen molar-refractivity contribution in [1.29, 1.82) is 0 Å². The summed E-state index contributed by atoms with van der Waals surface area (Å²) in [5, 5.41) is 0. The van der Waals surface area contributed by atoms with Gasteiger partial charge in [0.1, 0.15) is 0 Å². The van der Waals surface area contributed by atoms with E-state index in [4.69, 9.17) is 0 Å². The Kier molecular flexibility index (Phi) is 3.00. The SMILES string of the molecule is C=CCC1CCCC(=O)c2ccccc21. The Labute approximate surface area is 90.8 Å². The molecule has 1 atom stereocenters. The van der Waals surface area contributed by atoms with Gasteiger partial charge in [0.15, 0.2) is 5.78 Å². The molecule has 1 aliphatic carbocycles. The lowest BCUT2D eigenvalue weighted by Gasteiger charge is -2.14. The van der Waals surface area contributed by atoms with Gasteiger partial charge >= 0.3 is 0 Å². The fraction of sp³-hybridized carbons (Fsp3) is 0.357. The molecule has 0 saturated carbocycles. The largest absolute Gasteiger partial charge is 0.294 e. The summed E-state index contributed by atoms with van der Waals surface area (Å²) in [6, 6.07) is 8.02. The van der Waals surface area contributed by atoms with Gasteiger partial charge in [-0.2, -0.15) is 0 Å². The maximum atomic E-state index is 11.8. The van der Waals surface area contributed by atoms with Gasteiger partial charge < -0.3 is 0 Å². The topological polar surface area (TPSA) is 17.1 Å². The number of hydrogen-bond donors (Lipinski definition) is 0. The predicted molar refractivity (Wildman–Crippen MR) is 62.2 cm³/mol. The third-order valence-electron chi connectivity index (χ3n) is 3.11. The maximum absolute atomic E-state index is 11.8. The van der Waals surface area contributed by atoms with Gasteiger partial charge in [0, 0.05) is 12.0 Å². The maximum Gasteiger partial charge on any atom is 0.163 e. The molecular formula is C14H16O. The van der Waals surface area contributed by atoms with E-state index >= 15 is 0 Å². The van der Waals surface area contributed by atoms with Crippen LogP contribution in [-0.4, -0.2) is 5.78 Å². The van der Waals surface area contributed by atoms with Crippen LogP contribution in [-0.2, 0) is 0 Å². The number of hydrogen-bond acceptors (Lipinski definition) is 1. The van der Waals surface area contributed by atoms with Crippen LogP contribution in [0.5, 0.6) is 0 Å². The zero-order chi connectivity index (χ0) is 10.7. The molecule has 1 aromatic rings. The summed E-state index contributed by atoms with van der Waals surface area (Å²) in [4.78, 5) is 11.8. The molecule has 0 aromatic heterocycles. The van der Waals surface area contributed by atoms with E-state index in [2.05, 4.69) is 12.6 Å². The molecule has 0 aliphatic heterocycles. The van der Waals surface area contributed by atoms with Gasteiger partial charge in [-0.15, -0.1) is 6.58 Å². The van der Waals surface area contributed by atoms with E-state index in [1.165, 1.54) is 5.56 Å². The molecule has 1 nitrogen and oxygen atoms in total. The summed E-state index contributed by atoms with van der Waals surface area (Å²) < 4.78 is 0.